The van der Waals surface area contributed by atoms with Crippen LogP contribution in [0, 0.1) is 5.92 Å². The maximum Gasteiger partial charge on any atom is 0.220 e. The molecule has 1 aliphatic rings. The highest BCUT2D eigenvalue weighted by atomic mass is 35.5. The van der Waals surface area contributed by atoms with E-state index in [0.29, 0.717) is 42.0 Å². The summed E-state index contributed by atoms with van der Waals surface area (Å²) in [5, 5.41) is 4.21. The summed E-state index contributed by atoms with van der Waals surface area (Å²) in [6.45, 7) is 2.12. The third-order valence-electron chi connectivity index (χ3n) is 3.46. The van der Waals surface area contributed by atoms with E-state index in [1.165, 1.54) is 0 Å². The number of carbonyl (C=O) groups is 1. The predicted octanol–water partition coefficient (Wildman–Crippen LogP) is 3.47. The van der Waals surface area contributed by atoms with Gasteiger partial charge < -0.3 is 10.1 Å². The molecule has 0 saturated carbocycles. The molecule has 0 aromatic heterocycles. The van der Waals surface area contributed by atoms with E-state index >= 15 is 0 Å². The van der Waals surface area contributed by atoms with Crippen LogP contribution in [0.15, 0.2) is 18.2 Å². The molecule has 1 atom stereocenters. The lowest BCUT2D eigenvalue weighted by Crippen LogP contribution is -2.30. The first-order valence-electron chi connectivity index (χ1n) is 6.93. The highest BCUT2D eigenvalue weighted by Gasteiger charge is 2.17. The molecule has 0 aliphatic carbocycles. The molecule has 1 aromatic rings. The Morgan fingerprint density at radius 2 is 2.25 bits per heavy atom. The van der Waals surface area contributed by atoms with Crippen molar-refractivity contribution in [2.45, 2.75) is 25.7 Å². The van der Waals surface area contributed by atoms with Crippen LogP contribution in [-0.2, 0) is 16.0 Å². The summed E-state index contributed by atoms with van der Waals surface area (Å²) in [6.07, 6.45) is 3.39. The number of carbonyl (C=O) groups excluding carboxylic acids is 1. The number of hydrogen-bond acceptors (Lipinski definition) is 2. The van der Waals surface area contributed by atoms with Crippen LogP contribution < -0.4 is 5.32 Å². The van der Waals surface area contributed by atoms with Crippen molar-refractivity contribution in [3.8, 4) is 0 Å². The quantitative estimate of drug-likeness (QED) is 0.903. The zero-order valence-corrected chi connectivity index (χ0v) is 12.8. The van der Waals surface area contributed by atoms with Crippen molar-refractivity contribution in [2.24, 2.45) is 5.92 Å². The highest BCUT2D eigenvalue weighted by molar-refractivity contribution is 6.35. The average Bonchev–Trinajstić information content (AvgIpc) is 2.42. The molecule has 3 nitrogen and oxygen atoms in total. The van der Waals surface area contributed by atoms with E-state index in [1.807, 2.05) is 12.1 Å². The summed E-state index contributed by atoms with van der Waals surface area (Å²) in [7, 11) is 0. The van der Waals surface area contributed by atoms with Gasteiger partial charge in [0.05, 0.1) is 0 Å². The van der Waals surface area contributed by atoms with E-state index < -0.39 is 0 Å². The van der Waals surface area contributed by atoms with Crippen molar-refractivity contribution in [3.63, 3.8) is 0 Å². The summed E-state index contributed by atoms with van der Waals surface area (Å²) in [4.78, 5) is 11.8. The lowest BCUT2D eigenvalue weighted by Gasteiger charge is -2.21. The van der Waals surface area contributed by atoms with Gasteiger partial charge in [-0.3, -0.25) is 4.79 Å². The first-order valence-corrected chi connectivity index (χ1v) is 7.69. The van der Waals surface area contributed by atoms with Crippen molar-refractivity contribution >= 4 is 29.1 Å². The molecule has 1 aromatic carbocycles. The van der Waals surface area contributed by atoms with Gasteiger partial charge >= 0.3 is 0 Å². The van der Waals surface area contributed by atoms with Gasteiger partial charge in [-0.15, -0.1) is 0 Å². The van der Waals surface area contributed by atoms with Crippen LogP contribution in [0.2, 0.25) is 10.0 Å². The average molecular weight is 316 g/mol. The van der Waals surface area contributed by atoms with Crippen LogP contribution in [-0.4, -0.2) is 25.7 Å². The minimum Gasteiger partial charge on any atom is -0.381 e. The third-order valence-corrected chi connectivity index (χ3v) is 4.05. The van der Waals surface area contributed by atoms with E-state index in [2.05, 4.69) is 5.32 Å². The van der Waals surface area contributed by atoms with Crippen LogP contribution in [0.5, 0.6) is 0 Å². The summed E-state index contributed by atoms with van der Waals surface area (Å²) < 4.78 is 5.37. The van der Waals surface area contributed by atoms with Crippen LogP contribution in [0.3, 0.4) is 0 Å². The normalized spacial score (nSPS) is 18.8. The van der Waals surface area contributed by atoms with Crippen LogP contribution in [0.4, 0.5) is 0 Å². The van der Waals surface area contributed by atoms with Crippen LogP contribution in [0.25, 0.3) is 0 Å². The molecule has 20 heavy (non-hydrogen) atoms. The predicted molar refractivity (Wildman–Crippen MR) is 81.3 cm³/mol. The summed E-state index contributed by atoms with van der Waals surface area (Å²) >= 11 is 11.9. The molecule has 1 N–H and O–H groups in total. The number of halogens is 2. The van der Waals surface area contributed by atoms with Gasteiger partial charge in [-0.1, -0.05) is 29.3 Å². The van der Waals surface area contributed by atoms with E-state index in [-0.39, 0.29) is 5.91 Å². The molecule has 1 unspecified atom stereocenters. The summed E-state index contributed by atoms with van der Waals surface area (Å²) in [5.74, 6) is 0.452. The molecule has 5 heteroatoms. The van der Waals surface area contributed by atoms with Gasteiger partial charge in [0.25, 0.3) is 0 Å². The Morgan fingerprint density at radius 3 is 2.95 bits per heavy atom. The number of ether oxygens (including phenoxy) is 1. The van der Waals surface area contributed by atoms with Gasteiger partial charge in [0, 0.05) is 36.2 Å². The Kier molecular flexibility index (Phi) is 6.14. The minimum absolute atomic E-state index is 0.0885. The molecule has 1 amide bonds. The second kappa shape index (κ2) is 7.87. The molecule has 0 bridgehead atoms. The van der Waals surface area contributed by atoms with Gasteiger partial charge in [-0.2, -0.15) is 0 Å². The number of benzene rings is 1. The Balaban J connectivity index is 1.70. The van der Waals surface area contributed by atoms with Crippen LogP contribution in [0.1, 0.15) is 24.8 Å². The Hall–Kier alpha value is -0.770. The lowest BCUT2D eigenvalue weighted by molar-refractivity contribution is -0.123. The topological polar surface area (TPSA) is 38.3 Å². The zero-order valence-electron chi connectivity index (χ0n) is 11.3. The lowest BCUT2D eigenvalue weighted by atomic mass is 9.98. The minimum atomic E-state index is 0.0885. The third kappa shape index (κ3) is 4.97. The van der Waals surface area contributed by atoms with Crippen molar-refractivity contribution in [2.75, 3.05) is 19.8 Å². The molecule has 0 radical (unpaired) electrons. The molecular weight excluding hydrogens is 297 g/mol. The number of hydrogen-bond donors (Lipinski definition) is 1. The van der Waals surface area contributed by atoms with Gasteiger partial charge in [-0.25, -0.2) is 0 Å². The summed E-state index contributed by atoms with van der Waals surface area (Å²) in [6, 6.07) is 5.43. The fraction of sp³-hybridized carbons (Fsp3) is 0.533. The van der Waals surface area contributed by atoms with Gasteiger partial charge in [0.1, 0.15) is 0 Å². The fourth-order valence-electron chi connectivity index (χ4n) is 2.36. The van der Waals surface area contributed by atoms with E-state index in [1.54, 1.807) is 6.07 Å². The Bertz CT molecular complexity index is 459. The number of rotatable bonds is 5. The first-order chi connectivity index (χ1) is 9.65. The molecule has 1 aliphatic heterocycles. The first kappa shape index (κ1) is 15.6. The van der Waals surface area contributed by atoms with E-state index in [0.717, 1.165) is 25.0 Å². The largest absolute Gasteiger partial charge is 0.381 e. The maximum absolute atomic E-state index is 11.8. The van der Waals surface area contributed by atoms with Crippen molar-refractivity contribution in [1.82, 2.24) is 5.32 Å². The van der Waals surface area contributed by atoms with Gasteiger partial charge in [-0.05, 0) is 42.9 Å². The van der Waals surface area contributed by atoms with Crippen molar-refractivity contribution < 1.29 is 9.53 Å². The second-order valence-electron chi connectivity index (χ2n) is 5.12. The number of amides is 1. The molecular formula is C15H19Cl2NO2. The van der Waals surface area contributed by atoms with Crippen molar-refractivity contribution in [3.05, 3.63) is 33.8 Å². The van der Waals surface area contributed by atoms with E-state index in [9.17, 15) is 4.79 Å². The second-order valence-corrected chi connectivity index (χ2v) is 5.97. The SMILES string of the molecule is O=C(CC1CCCOC1)NCCc1ccc(Cl)cc1Cl. The highest BCUT2D eigenvalue weighted by Crippen LogP contribution is 2.21. The van der Waals surface area contributed by atoms with Gasteiger partial charge in [0.15, 0.2) is 0 Å². The standard InChI is InChI=1S/C15H19Cl2NO2/c16-13-4-3-12(14(17)9-13)5-6-18-15(19)8-11-2-1-7-20-10-11/h3-4,9,11H,1-2,5-8,10H2,(H,18,19). The smallest absolute Gasteiger partial charge is 0.220 e. The maximum atomic E-state index is 11.8. The molecule has 110 valence electrons. The zero-order chi connectivity index (χ0) is 14.4. The molecule has 0 spiro atoms. The van der Waals surface area contributed by atoms with Gasteiger partial charge in [0.2, 0.25) is 5.91 Å². The molecule has 1 saturated heterocycles. The Labute approximate surface area is 129 Å². The Morgan fingerprint density at radius 1 is 1.40 bits per heavy atom. The summed E-state index contributed by atoms with van der Waals surface area (Å²) in [5.41, 5.74) is 0.998. The van der Waals surface area contributed by atoms with Crippen LogP contribution >= 0.6 is 23.2 Å². The molecule has 2 rings (SSSR count). The monoisotopic (exact) mass is 315 g/mol. The molecule has 1 heterocycles. The van der Waals surface area contributed by atoms with Crippen molar-refractivity contribution in [1.29, 1.82) is 0 Å². The fourth-order valence-corrected chi connectivity index (χ4v) is 2.87. The molecule has 1 fully saturated rings. The van der Waals surface area contributed by atoms with E-state index in [4.69, 9.17) is 27.9 Å². The number of nitrogens with one attached hydrogen (secondary N) is 1.